The molecular weight excluding hydrogens is 575 g/mol. The molecule has 3 aromatic heterocycles. The van der Waals surface area contributed by atoms with Crippen LogP contribution in [0, 0.1) is 12.3 Å². The van der Waals surface area contributed by atoms with Crippen LogP contribution in [0.3, 0.4) is 0 Å². The van der Waals surface area contributed by atoms with Gasteiger partial charge < -0.3 is 9.64 Å². The lowest BCUT2D eigenvalue weighted by Gasteiger charge is -2.40. The number of alkyl halides is 3. The van der Waals surface area contributed by atoms with E-state index in [2.05, 4.69) is 53.2 Å². The molecule has 0 unspecified atom stereocenters. The number of ether oxygens (including phenoxy) is 1. The summed E-state index contributed by atoms with van der Waals surface area (Å²) < 4.78 is 51.1. The van der Waals surface area contributed by atoms with Crippen molar-refractivity contribution in [2.45, 2.75) is 71.0 Å². The standard InChI is InChI=1S/C27H38F3N7O2S2/c1-8-12-26(5,6)36(14-15-40)23-19(24(38)34-41-20-16-35(7)32-18(20)2)9-10-21(31-23)37-13-11-22(33-37)39-17-25(3,4)27(28,29)30/h9-11,13,16,40H,8,12,14-15,17H2,1-7H3,(H,34,38). The van der Waals surface area contributed by atoms with Crippen LogP contribution in [-0.2, 0) is 7.05 Å². The Morgan fingerprint density at radius 2 is 1.88 bits per heavy atom. The Labute approximate surface area is 248 Å². The zero-order valence-corrected chi connectivity index (χ0v) is 26.1. The summed E-state index contributed by atoms with van der Waals surface area (Å²) >= 11 is 5.64. The first-order valence-electron chi connectivity index (χ1n) is 13.2. The van der Waals surface area contributed by atoms with E-state index in [4.69, 9.17) is 9.72 Å². The Morgan fingerprint density at radius 1 is 1.17 bits per heavy atom. The van der Waals surface area contributed by atoms with Crippen molar-refractivity contribution in [3.8, 4) is 11.7 Å². The highest BCUT2D eigenvalue weighted by Gasteiger charge is 2.48. The minimum atomic E-state index is -4.42. The number of rotatable bonds is 13. The molecule has 0 radical (unpaired) electrons. The average molecular weight is 614 g/mol. The van der Waals surface area contributed by atoms with E-state index in [0.717, 1.165) is 37.3 Å². The van der Waals surface area contributed by atoms with Gasteiger partial charge in [-0.3, -0.25) is 14.2 Å². The molecule has 0 bridgehead atoms. The number of pyridine rings is 1. The Balaban J connectivity index is 1.97. The third-order valence-electron chi connectivity index (χ3n) is 6.65. The van der Waals surface area contributed by atoms with E-state index in [-0.39, 0.29) is 17.3 Å². The number of amides is 1. The molecule has 0 aliphatic carbocycles. The van der Waals surface area contributed by atoms with E-state index in [1.807, 2.05) is 20.2 Å². The maximum absolute atomic E-state index is 13.5. The van der Waals surface area contributed by atoms with E-state index in [1.54, 1.807) is 23.0 Å². The molecule has 0 spiro atoms. The van der Waals surface area contributed by atoms with Gasteiger partial charge in [-0.05, 0) is 65.1 Å². The van der Waals surface area contributed by atoms with Gasteiger partial charge in [-0.15, -0.1) is 5.10 Å². The van der Waals surface area contributed by atoms with Crippen molar-refractivity contribution in [2.75, 3.05) is 23.8 Å². The van der Waals surface area contributed by atoms with Gasteiger partial charge in [0.15, 0.2) is 5.82 Å². The predicted octanol–water partition coefficient (Wildman–Crippen LogP) is 6.03. The number of nitrogens with zero attached hydrogens (tertiary/aromatic N) is 6. The molecule has 0 saturated carbocycles. The van der Waals surface area contributed by atoms with Crippen LogP contribution in [0.4, 0.5) is 19.0 Å². The van der Waals surface area contributed by atoms with Crippen molar-refractivity contribution < 1.29 is 22.7 Å². The first-order valence-corrected chi connectivity index (χ1v) is 14.7. The van der Waals surface area contributed by atoms with Crippen LogP contribution in [-0.4, -0.2) is 61.1 Å². The number of halogens is 3. The summed E-state index contributed by atoms with van der Waals surface area (Å²) in [6.07, 6.45) is 0.724. The molecule has 226 valence electrons. The number of hydrogen-bond acceptors (Lipinski definition) is 8. The van der Waals surface area contributed by atoms with Gasteiger partial charge in [0, 0.05) is 43.3 Å². The van der Waals surface area contributed by atoms with E-state index in [0.29, 0.717) is 29.5 Å². The van der Waals surface area contributed by atoms with Crippen LogP contribution in [0.5, 0.6) is 5.88 Å². The molecule has 0 aromatic carbocycles. The number of aryl methyl sites for hydroxylation is 2. The number of thiol groups is 1. The molecule has 0 saturated heterocycles. The summed E-state index contributed by atoms with van der Waals surface area (Å²) in [5, 5.41) is 8.60. The van der Waals surface area contributed by atoms with Crippen molar-refractivity contribution in [1.29, 1.82) is 0 Å². The predicted molar refractivity (Wildman–Crippen MR) is 158 cm³/mol. The summed E-state index contributed by atoms with van der Waals surface area (Å²) in [5.41, 5.74) is -1.24. The van der Waals surface area contributed by atoms with Crippen LogP contribution >= 0.6 is 24.6 Å². The normalized spacial score (nSPS) is 12.5. The molecule has 0 aliphatic rings. The lowest BCUT2D eigenvalue weighted by molar-refractivity contribution is -0.219. The zero-order chi connectivity index (χ0) is 30.6. The minimum absolute atomic E-state index is 0.0364. The second-order valence-corrected chi connectivity index (χ2v) is 12.3. The summed E-state index contributed by atoms with van der Waals surface area (Å²) in [5.74, 6) is 1.07. The molecule has 41 heavy (non-hydrogen) atoms. The summed E-state index contributed by atoms with van der Waals surface area (Å²) in [7, 11) is 1.81. The number of carbonyl (C=O) groups is 1. The van der Waals surface area contributed by atoms with Crippen LogP contribution in [0.15, 0.2) is 35.5 Å². The van der Waals surface area contributed by atoms with Gasteiger partial charge in [0.2, 0.25) is 5.88 Å². The van der Waals surface area contributed by atoms with Gasteiger partial charge in [-0.1, -0.05) is 13.3 Å². The Hall–Kier alpha value is -2.87. The Morgan fingerprint density at radius 3 is 2.46 bits per heavy atom. The molecule has 3 rings (SSSR count). The van der Waals surface area contributed by atoms with Gasteiger partial charge in [0.05, 0.1) is 21.6 Å². The monoisotopic (exact) mass is 613 g/mol. The Bertz CT molecular complexity index is 1340. The largest absolute Gasteiger partial charge is 0.476 e. The van der Waals surface area contributed by atoms with Crippen LogP contribution in [0.25, 0.3) is 5.82 Å². The second-order valence-electron chi connectivity index (χ2n) is 11.0. The number of aromatic nitrogens is 5. The highest BCUT2D eigenvalue weighted by molar-refractivity contribution is 7.98. The zero-order valence-electron chi connectivity index (χ0n) is 24.4. The number of hydrogen-bond donors (Lipinski definition) is 2. The van der Waals surface area contributed by atoms with Crippen LogP contribution < -0.4 is 14.4 Å². The minimum Gasteiger partial charge on any atom is -0.476 e. The lowest BCUT2D eigenvalue weighted by Crippen LogP contribution is -2.46. The van der Waals surface area contributed by atoms with E-state index in [9.17, 15) is 18.0 Å². The molecule has 1 amide bonds. The quantitative estimate of drug-likeness (QED) is 0.180. The summed E-state index contributed by atoms with van der Waals surface area (Å²) in [6, 6.07) is 4.79. The number of anilines is 1. The van der Waals surface area contributed by atoms with Gasteiger partial charge in [-0.25, -0.2) is 9.67 Å². The number of nitrogens with one attached hydrogen (secondary N) is 1. The summed E-state index contributed by atoms with van der Waals surface area (Å²) in [6.45, 7) is 10.2. The van der Waals surface area contributed by atoms with Crippen molar-refractivity contribution in [1.82, 2.24) is 29.3 Å². The molecule has 0 atom stereocenters. The molecule has 0 aliphatic heterocycles. The molecule has 14 heteroatoms. The van der Waals surface area contributed by atoms with E-state index < -0.39 is 18.2 Å². The fraction of sp³-hybridized carbons (Fsp3) is 0.556. The van der Waals surface area contributed by atoms with E-state index in [1.165, 1.54) is 22.7 Å². The molecule has 1 N–H and O–H groups in total. The van der Waals surface area contributed by atoms with Crippen molar-refractivity contribution in [3.05, 3.63) is 41.9 Å². The SMILES string of the molecule is CCCC(C)(C)N(CCS)c1nc(-n2ccc(OCC(C)(C)C(F)(F)F)n2)ccc1C(=O)NSc1cn(C)nc1C. The van der Waals surface area contributed by atoms with Gasteiger partial charge in [-0.2, -0.15) is 30.9 Å². The van der Waals surface area contributed by atoms with Gasteiger partial charge in [0.1, 0.15) is 12.4 Å². The lowest BCUT2D eigenvalue weighted by atomic mass is 9.94. The maximum Gasteiger partial charge on any atom is 0.397 e. The topological polar surface area (TPSA) is 90.1 Å². The molecular formula is C27H38F3N7O2S2. The van der Waals surface area contributed by atoms with Crippen molar-refractivity contribution in [3.63, 3.8) is 0 Å². The smallest absolute Gasteiger partial charge is 0.397 e. The van der Waals surface area contributed by atoms with Crippen LogP contribution in [0.2, 0.25) is 0 Å². The van der Waals surface area contributed by atoms with E-state index >= 15 is 0 Å². The molecule has 3 aromatic rings. The second kappa shape index (κ2) is 13.0. The molecule has 3 heterocycles. The van der Waals surface area contributed by atoms with Gasteiger partial charge >= 0.3 is 6.18 Å². The Kier molecular flexibility index (Phi) is 10.3. The third kappa shape index (κ3) is 7.91. The first kappa shape index (κ1) is 32.6. The fourth-order valence-corrected chi connectivity index (χ4v) is 5.08. The molecule has 0 fully saturated rings. The average Bonchev–Trinajstić information content (AvgIpc) is 3.49. The maximum atomic E-state index is 13.5. The summed E-state index contributed by atoms with van der Waals surface area (Å²) in [4.78, 5) is 21.2. The molecule has 9 nitrogen and oxygen atoms in total. The first-order chi connectivity index (χ1) is 19.1. The van der Waals surface area contributed by atoms with Crippen LogP contribution in [0.1, 0.15) is 63.5 Å². The van der Waals surface area contributed by atoms with Crippen molar-refractivity contribution >= 4 is 36.3 Å². The van der Waals surface area contributed by atoms with Crippen molar-refractivity contribution in [2.24, 2.45) is 12.5 Å². The highest BCUT2D eigenvalue weighted by Crippen LogP contribution is 2.38. The fourth-order valence-electron chi connectivity index (χ4n) is 4.17. The number of carbonyl (C=O) groups excluding carboxylic acids is 1. The van der Waals surface area contributed by atoms with Gasteiger partial charge in [0.25, 0.3) is 5.91 Å². The third-order valence-corrected chi connectivity index (χ3v) is 7.75. The highest BCUT2D eigenvalue weighted by atomic mass is 32.2.